The molecule has 0 aliphatic heterocycles. The summed E-state index contributed by atoms with van der Waals surface area (Å²) in [6.07, 6.45) is 1.58. The molecule has 0 saturated heterocycles. The average molecular weight is 356 g/mol. The maximum Gasteiger partial charge on any atom is 0.257 e. The SMILES string of the molecule is CC(C)(C#N)c1ccc(NC(=O)c2ccnc(-c3ccccc3)c2N)cc1. The maximum absolute atomic E-state index is 12.7. The van der Waals surface area contributed by atoms with Crippen molar-refractivity contribution in [2.45, 2.75) is 19.3 Å². The molecule has 3 aromatic rings. The van der Waals surface area contributed by atoms with Gasteiger partial charge in [0.05, 0.1) is 28.4 Å². The van der Waals surface area contributed by atoms with Crippen LogP contribution in [0.1, 0.15) is 29.8 Å². The summed E-state index contributed by atoms with van der Waals surface area (Å²) in [6.45, 7) is 3.70. The first-order valence-corrected chi connectivity index (χ1v) is 8.55. The van der Waals surface area contributed by atoms with E-state index in [9.17, 15) is 10.1 Å². The second-order valence-corrected chi connectivity index (χ2v) is 6.76. The molecule has 0 saturated carbocycles. The highest BCUT2D eigenvalue weighted by molar-refractivity contribution is 6.09. The van der Waals surface area contributed by atoms with Crippen LogP contribution in [-0.2, 0) is 5.41 Å². The number of hydrogen-bond acceptors (Lipinski definition) is 4. The van der Waals surface area contributed by atoms with Gasteiger partial charge in [-0.15, -0.1) is 0 Å². The highest BCUT2D eigenvalue weighted by Gasteiger charge is 2.20. The third kappa shape index (κ3) is 3.80. The number of nitriles is 1. The van der Waals surface area contributed by atoms with Gasteiger partial charge >= 0.3 is 0 Å². The first-order valence-electron chi connectivity index (χ1n) is 8.55. The van der Waals surface area contributed by atoms with Gasteiger partial charge in [-0.25, -0.2) is 0 Å². The van der Waals surface area contributed by atoms with E-state index in [1.807, 2.05) is 56.3 Å². The lowest BCUT2D eigenvalue weighted by molar-refractivity contribution is 0.102. The van der Waals surface area contributed by atoms with Gasteiger partial charge in [-0.2, -0.15) is 5.26 Å². The molecule has 5 heteroatoms. The molecule has 1 amide bonds. The van der Waals surface area contributed by atoms with Crippen LogP contribution in [0.2, 0.25) is 0 Å². The molecule has 3 N–H and O–H groups in total. The van der Waals surface area contributed by atoms with E-state index < -0.39 is 5.41 Å². The standard InChI is InChI=1S/C22H20N4O/c1-22(2,14-23)16-8-10-17(11-9-16)26-21(27)18-12-13-25-20(19(18)24)15-6-4-3-5-7-15/h3-13H,24H2,1-2H3,(H,26,27). The van der Waals surface area contributed by atoms with Gasteiger partial charge in [-0.05, 0) is 37.6 Å². The minimum Gasteiger partial charge on any atom is -0.396 e. The van der Waals surface area contributed by atoms with Crippen LogP contribution in [0.3, 0.4) is 0 Å². The molecule has 0 spiro atoms. The number of nitrogen functional groups attached to an aromatic ring is 1. The summed E-state index contributed by atoms with van der Waals surface area (Å²) in [5.41, 5.74) is 9.29. The largest absolute Gasteiger partial charge is 0.396 e. The lowest BCUT2D eigenvalue weighted by Gasteiger charge is -2.16. The highest BCUT2D eigenvalue weighted by Crippen LogP contribution is 2.27. The zero-order valence-corrected chi connectivity index (χ0v) is 15.2. The van der Waals surface area contributed by atoms with Gasteiger partial charge in [0.1, 0.15) is 0 Å². The summed E-state index contributed by atoms with van der Waals surface area (Å²) in [5.74, 6) is -0.306. The van der Waals surface area contributed by atoms with E-state index in [2.05, 4.69) is 16.4 Å². The van der Waals surface area contributed by atoms with Crippen molar-refractivity contribution in [2.75, 3.05) is 11.1 Å². The lowest BCUT2D eigenvalue weighted by Crippen LogP contribution is -2.16. The first-order chi connectivity index (χ1) is 12.9. The predicted molar refractivity (Wildman–Crippen MR) is 107 cm³/mol. The predicted octanol–water partition coefficient (Wildman–Crippen LogP) is 4.38. The van der Waals surface area contributed by atoms with Gasteiger partial charge in [-0.1, -0.05) is 42.5 Å². The molecular formula is C22H20N4O. The second kappa shape index (κ2) is 7.30. The number of pyridine rings is 1. The topological polar surface area (TPSA) is 91.8 Å². The van der Waals surface area contributed by atoms with E-state index in [1.165, 1.54) is 0 Å². The number of benzene rings is 2. The van der Waals surface area contributed by atoms with Gasteiger partial charge in [-0.3, -0.25) is 9.78 Å². The van der Waals surface area contributed by atoms with Crippen molar-refractivity contribution >= 4 is 17.3 Å². The Bertz CT molecular complexity index is 1000. The zero-order valence-electron chi connectivity index (χ0n) is 15.2. The number of nitrogens with two attached hydrogens (primary N) is 1. The van der Waals surface area contributed by atoms with Crippen LogP contribution in [0.5, 0.6) is 0 Å². The number of carbonyl (C=O) groups is 1. The van der Waals surface area contributed by atoms with Crippen LogP contribution in [0.15, 0.2) is 66.9 Å². The molecule has 3 rings (SSSR count). The molecule has 0 radical (unpaired) electrons. The molecule has 0 aliphatic carbocycles. The summed E-state index contributed by atoms with van der Waals surface area (Å²) in [4.78, 5) is 17.0. The van der Waals surface area contributed by atoms with Gasteiger partial charge in [0.15, 0.2) is 0 Å². The Morgan fingerprint density at radius 2 is 1.74 bits per heavy atom. The maximum atomic E-state index is 12.7. The van der Waals surface area contributed by atoms with Gasteiger partial charge < -0.3 is 11.1 Å². The lowest BCUT2D eigenvalue weighted by atomic mass is 9.86. The fraction of sp³-hybridized carbons (Fsp3) is 0.136. The number of aromatic nitrogens is 1. The second-order valence-electron chi connectivity index (χ2n) is 6.76. The van der Waals surface area contributed by atoms with Crippen molar-refractivity contribution in [3.05, 3.63) is 78.0 Å². The Morgan fingerprint density at radius 1 is 1.07 bits per heavy atom. The van der Waals surface area contributed by atoms with Gasteiger partial charge in [0, 0.05) is 17.4 Å². The van der Waals surface area contributed by atoms with Crippen LogP contribution < -0.4 is 11.1 Å². The third-order valence-corrected chi connectivity index (χ3v) is 4.43. The summed E-state index contributed by atoms with van der Waals surface area (Å²) in [5, 5.41) is 12.1. The molecule has 0 unspecified atom stereocenters. The van der Waals surface area contributed by atoms with Crippen molar-refractivity contribution in [3.8, 4) is 17.3 Å². The zero-order chi connectivity index (χ0) is 19.4. The van der Waals surface area contributed by atoms with Gasteiger partial charge in [0.2, 0.25) is 0 Å². The molecule has 27 heavy (non-hydrogen) atoms. The van der Waals surface area contributed by atoms with E-state index >= 15 is 0 Å². The Balaban J connectivity index is 1.84. The van der Waals surface area contributed by atoms with Crippen LogP contribution in [0, 0.1) is 11.3 Å². The Hall–Kier alpha value is -3.65. The number of carbonyl (C=O) groups excluding carboxylic acids is 1. The number of hydrogen-bond donors (Lipinski definition) is 2. The quantitative estimate of drug-likeness (QED) is 0.725. The van der Waals surface area contributed by atoms with E-state index in [4.69, 9.17) is 5.73 Å². The van der Waals surface area contributed by atoms with Crippen molar-refractivity contribution in [3.63, 3.8) is 0 Å². The molecule has 0 atom stereocenters. The molecule has 0 fully saturated rings. The van der Waals surface area contributed by atoms with Gasteiger partial charge in [0.25, 0.3) is 5.91 Å². The van der Waals surface area contributed by atoms with Crippen LogP contribution in [0.25, 0.3) is 11.3 Å². The Morgan fingerprint density at radius 3 is 2.37 bits per heavy atom. The summed E-state index contributed by atoms with van der Waals surface area (Å²) in [7, 11) is 0. The molecule has 5 nitrogen and oxygen atoms in total. The molecule has 134 valence electrons. The number of nitrogens with one attached hydrogen (secondary N) is 1. The summed E-state index contributed by atoms with van der Waals surface area (Å²) < 4.78 is 0. The van der Waals surface area contributed by atoms with E-state index in [0.717, 1.165) is 11.1 Å². The van der Waals surface area contributed by atoms with Crippen molar-refractivity contribution in [2.24, 2.45) is 0 Å². The highest BCUT2D eigenvalue weighted by atomic mass is 16.1. The van der Waals surface area contributed by atoms with E-state index in [0.29, 0.717) is 22.6 Å². The van der Waals surface area contributed by atoms with Crippen LogP contribution >= 0.6 is 0 Å². The minimum absolute atomic E-state index is 0.306. The van der Waals surface area contributed by atoms with Crippen molar-refractivity contribution < 1.29 is 4.79 Å². The third-order valence-electron chi connectivity index (χ3n) is 4.43. The first kappa shape index (κ1) is 18.2. The van der Waals surface area contributed by atoms with Crippen LogP contribution in [-0.4, -0.2) is 10.9 Å². The van der Waals surface area contributed by atoms with E-state index in [1.54, 1.807) is 24.4 Å². The molecule has 0 bridgehead atoms. The molecular weight excluding hydrogens is 336 g/mol. The number of nitrogens with zero attached hydrogens (tertiary/aromatic N) is 2. The normalized spacial score (nSPS) is 10.9. The van der Waals surface area contributed by atoms with Crippen molar-refractivity contribution in [1.82, 2.24) is 4.98 Å². The Kier molecular flexibility index (Phi) is 4.91. The smallest absolute Gasteiger partial charge is 0.257 e. The fourth-order valence-corrected chi connectivity index (χ4v) is 2.73. The number of rotatable bonds is 4. The van der Waals surface area contributed by atoms with E-state index in [-0.39, 0.29) is 5.91 Å². The summed E-state index contributed by atoms with van der Waals surface area (Å²) >= 11 is 0. The average Bonchev–Trinajstić information content (AvgIpc) is 2.69. The minimum atomic E-state index is -0.581. The number of amides is 1. The molecule has 1 aromatic heterocycles. The molecule has 1 heterocycles. The molecule has 2 aromatic carbocycles. The monoisotopic (exact) mass is 356 g/mol. The Labute approximate surface area is 158 Å². The summed E-state index contributed by atoms with van der Waals surface area (Å²) in [6, 6.07) is 20.6. The fourth-order valence-electron chi connectivity index (χ4n) is 2.73. The van der Waals surface area contributed by atoms with Crippen molar-refractivity contribution in [1.29, 1.82) is 5.26 Å². The van der Waals surface area contributed by atoms with Crippen LogP contribution in [0.4, 0.5) is 11.4 Å². The molecule has 0 aliphatic rings. The number of anilines is 2.